The van der Waals surface area contributed by atoms with Crippen LogP contribution in [0.15, 0.2) is 53.5 Å². The van der Waals surface area contributed by atoms with Crippen LogP contribution in [0.2, 0.25) is 5.02 Å². The van der Waals surface area contributed by atoms with Crippen molar-refractivity contribution in [2.45, 2.75) is 6.42 Å². The van der Waals surface area contributed by atoms with E-state index in [1.165, 1.54) is 5.01 Å². The van der Waals surface area contributed by atoms with E-state index in [2.05, 4.69) is 10.4 Å². The Morgan fingerprint density at radius 3 is 2.71 bits per heavy atom. The van der Waals surface area contributed by atoms with Crippen molar-refractivity contribution >= 4 is 40.4 Å². The molecule has 5 nitrogen and oxygen atoms in total. The van der Waals surface area contributed by atoms with E-state index in [1.54, 1.807) is 18.2 Å². The average Bonchev–Trinajstić information content (AvgIpc) is 2.84. The van der Waals surface area contributed by atoms with Crippen molar-refractivity contribution in [1.82, 2.24) is 5.43 Å². The largest absolute Gasteiger partial charge is 0.399 e. The van der Waals surface area contributed by atoms with Crippen molar-refractivity contribution in [1.29, 1.82) is 0 Å². The maximum Gasteiger partial charge on any atom is 0.253 e. The minimum Gasteiger partial charge on any atom is -0.399 e. The molecule has 3 N–H and O–H groups in total. The van der Waals surface area contributed by atoms with Crippen molar-refractivity contribution in [2.24, 2.45) is 4.99 Å². The number of amidine groups is 1. The summed E-state index contributed by atoms with van der Waals surface area (Å²) in [7, 11) is 0. The molecule has 3 rings (SSSR count). The quantitative estimate of drug-likeness (QED) is 0.838. The lowest BCUT2D eigenvalue weighted by atomic mass is 10.3. The van der Waals surface area contributed by atoms with E-state index in [0.717, 1.165) is 5.69 Å². The van der Waals surface area contributed by atoms with Gasteiger partial charge in [-0.2, -0.15) is 0 Å². The van der Waals surface area contributed by atoms with Gasteiger partial charge in [0.25, 0.3) is 5.91 Å². The summed E-state index contributed by atoms with van der Waals surface area (Å²) in [5.41, 5.74) is 10.6. The Morgan fingerprint density at radius 1 is 1.19 bits per heavy atom. The number of hydrogen-bond acceptors (Lipinski definition) is 3. The highest BCUT2D eigenvalue weighted by molar-refractivity contribution is 6.33. The number of para-hydroxylation sites is 1. The Labute approximate surface area is 127 Å². The predicted molar refractivity (Wildman–Crippen MR) is 84.6 cm³/mol. The highest BCUT2D eigenvalue weighted by Gasteiger charge is 2.26. The minimum absolute atomic E-state index is 0.0695. The lowest BCUT2D eigenvalue weighted by Crippen LogP contribution is -2.35. The summed E-state index contributed by atoms with van der Waals surface area (Å²) in [6.45, 7) is 0. The maximum absolute atomic E-state index is 12.1. The first-order valence-corrected chi connectivity index (χ1v) is 6.78. The van der Waals surface area contributed by atoms with Crippen LogP contribution in [-0.2, 0) is 4.79 Å². The van der Waals surface area contributed by atoms with Gasteiger partial charge in [0.2, 0.25) is 0 Å². The van der Waals surface area contributed by atoms with Gasteiger partial charge in [0, 0.05) is 5.69 Å². The summed E-state index contributed by atoms with van der Waals surface area (Å²) in [5.74, 6) is 0.469. The molecule has 6 heteroatoms. The Bertz CT molecular complexity index is 715. The first-order chi connectivity index (χ1) is 10.1. The van der Waals surface area contributed by atoms with E-state index in [0.29, 0.717) is 22.2 Å². The highest BCUT2D eigenvalue weighted by atomic mass is 35.5. The van der Waals surface area contributed by atoms with Crippen molar-refractivity contribution in [3.63, 3.8) is 0 Å². The topological polar surface area (TPSA) is 70.7 Å². The van der Waals surface area contributed by atoms with E-state index in [4.69, 9.17) is 17.3 Å². The molecule has 2 aromatic rings. The number of rotatable bonds is 2. The molecule has 0 aromatic heterocycles. The minimum atomic E-state index is -0.0695. The van der Waals surface area contributed by atoms with E-state index >= 15 is 0 Å². The van der Waals surface area contributed by atoms with E-state index in [-0.39, 0.29) is 12.3 Å². The number of carbonyl (C=O) groups excluding carboxylic acids is 1. The second-order valence-electron chi connectivity index (χ2n) is 4.62. The third-order valence-electron chi connectivity index (χ3n) is 3.05. The van der Waals surface area contributed by atoms with E-state index in [9.17, 15) is 4.79 Å². The van der Waals surface area contributed by atoms with Crippen molar-refractivity contribution in [2.75, 3.05) is 10.7 Å². The molecule has 106 valence electrons. The van der Waals surface area contributed by atoms with E-state index < -0.39 is 0 Å². The number of hydrazine groups is 1. The van der Waals surface area contributed by atoms with Gasteiger partial charge in [-0.25, -0.2) is 10.0 Å². The summed E-state index contributed by atoms with van der Waals surface area (Å²) >= 11 is 6.08. The van der Waals surface area contributed by atoms with Crippen LogP contribution in [0.1, 0.15) is 6.42 Å². The van der Waals surface area contributed by atoms with Crippen molar-refractivity contribution in [3.8, 4) is 0 Å². The van der Waals surface area contributed by atoms with E-state index in [1.807, 2.05) is 30.3 Å². The second-order valence-corrected chi connectivity index (χ2v) is 5.03. The van der Waals surface area contributed by atoms with Crippen LogP contribution < -0.4 is 16.2 Å². The van der Waals surface area contributed by atoms with Crippen molar-refractivity contribution < 1.29 is 4.79 Å². The van der Waals surface area contributed by atoms with Gasteiger partial charge in [-0.3, -0.25) is 10.2 Å². The molecule has 1 aliphatic rings. The molecule has 1 saturated heterocycles. The summed E-state index contributed by atoms with van der Waals surface area (Å²) in [6.07, 6.45) is 0.194. The van der Waals surface area contributed by atoms with Gasteiger partial charge in [-0.1, -0.05) is 29.8 Å². The number of carbonyl (C=O) groups is 1. The Morgan fingerprint density at radius 2 is 1.95 bits per heavy atom. The molecular weight excluding hydrogens is 288 g/mol. The number of nitrogens with two attached hydrogens (primary N) is 1. The number of halogens is 1. The molecule has 21 heavy (non-hydrogen) atoms. The van der Waals surface area contributed by atoms with Gasteiger partial charge in [-0.05, 0) is 30.3 Å². The lowest BCUT2D eigenvalue weighted by Gasteiger charge is -2.15. The Hall–Kier alpha value is -2.53. The van der Waals surface area contributed by atoms with Crippen molar-refractivity contribution in [3.05, 3.63) is 53.6 Å². The van der Waals surface area contributed by atoms with Crippen LogP contribution in [0, 0.1) is 0 Å². The number of nitrogens with zero attached hydrogens (tertiary/aromatic N) is 2. The molecule has 0 bridgehead atoms. The zero-order valence-corrected chi connectivity index (χ0v) is 11.8. The summed E-state index contributed by atoms with van der Waals surface area (Å²) in [5, 5.41) is 1.96. The number of nitrogen functional groups attached to an aromatic ring is 1. The standard InChI is InChI=1S/C15H13ClN4O/c16-12-7-6-10(17)8-13(12)18-14-9-15(21)20(19-14)11-4-2-1-3-5-11/h1-8H,9,17H2,(H,18,19). The first-order valence-electron chi connectivity index (χ1n) is 6.41. The summed E-state index contributed by atoms with van der Waals surface area (Å²) in [4.78, 5) is 16.4. The number of hydrogen-bond donors (Lipinski definition) is 2. The van der Waals surface area contributed by atoms with Crippen LogP contribution in [0.25, 0.3) is 0 Å². The molecule has 0 spiro atoms. The van der Waals surface area contributed by atoms with Gasteiger partial charge in [0.05, 0.1) is 22.8 Å². The molecule has 2 aromatic carbocycles. The smallest absolute Gasteiger partial charge is 0.253 e. The number of aliphatic imine (C=N–C) groups is 1. The predicted octanol–water partition coefficient (Wildman–Crippen LogP) is 2.89. The molecule has 0 atom stereocenters. The molecular formula is C15H13ClN4O. The monoisotopic (exact) mass is 300 g/mol. The third kappa shape index (κ3) is 2.83. The number of anilines is 2. The number of nitrogens with one attached hydrogen (secondary N) is 1. The molecule has 1 aliphatic heterocycles. The summed E-state index contributed by atoms with van der Waals surface area (Å²) < 4.78 is 0. The first kappa shape index (κ1) is 13.5. The van der Waals surface area contributed by atoms with Crippen LogP contribution >= 0.6 is 11.6 Å². The molecule has 1 heterocycles. The Kier molecular flexibility index (Phi) is 3.50. The molecule has 0 radical (unpaired) electrons. The zero-order valence-electron chi connectivity index (χ0n) is 11.1. The molecule has 0 saturated carbocycles. The van der Waals surface area contributed by atoms with Gasteiger partial charge < -0.3 is 5.73 Å². The third-order valence-corrected chi connectivity index (χ3v) is 3.37. The van der Waals surface area contributed by atoms with Gasteiger partial charge in [0.1, 0.15) is 5.84 Å². The normalized spacial score (nSPS) is 16.3. The van der Waals surface area contributed by atoms with Crippen LogP contribution in [0.4, 0.5) is 17.1 Å². The van der Waals surface area contributed by atoms with Crippen LogP contribution in [0.3, 0.4) is 0 Å². The second kappa shape index (κ2) is 5.46. The molecule has 0 unspecified atom stereocenters. The average molecular weight is 301 g/mol. The zero-order chi connectivity index (χ0) is 14.8. The Balaban J connectivity index is 1.87. The van der Waals surface area contributed by atoms with Crippen LogP contribution in [-0.4, -0.2) is 11.7 Å². The molecule has 0 aliphatic carbocycles. The molecule has 1 amide bonds. The summed E-state index contributed by atoms with van der Waals surface area (Å²) in [6, 6.07) is 14.4. The lowest BCUT2D eigenvalue weighted by molar-refractivity contribution is -0.116. The highest BCUT2D eigenvalue weighted by Crippen LogP contribution is 2.28. The fourth-order valence-electron chi connectivity index (χ4n) is 2.06. The molecule has 1 fully saturated rings. The fourth-order valence-corrected chi connectivity index (χ4v) is 2.22. The van der Waals surface area contributed by atoms with Gasteiger partial charge in [-0.15, -0.1) is 0 Å². The van der Waals surface area contributed by atoms with Gasteiger partial charge in [0.15, 0.2) is 0 Å². The van der Waals surface area contributed by atoms with Gasteiger partial charge >= 0.3 is 0 Å². The number of benzene rings is 2. The fraction of sp³-hybridized carbons (Fsp3) is 0.0667. The maximum atomic E-state index is 12.1. The number of amides is 1. The SMILES string of the molecule is Nc1ccc(Cl)c(N=C2CC(=O)N(c3ccccc3)N2)c1. The van der Waals surface area contributed by atoms with Crippen LogP contribution in [0.5, 0.6) is 0 Å².